The average molecular weight is 234 g/mol. The van der Waals surface area contributed by atoms with Gasteiger partial charge in [-0.25, -0.2) is 0 Å². The summed E-state index contributed by atoms with van der Waals surface area (Å²) in [5.74, 6) is -0.0548. The van der Waals surface area contributed by atoms with Gasteiger partial charge in [0, 0.05) is 36.5 Å². The maximum atomic E-state index is 12.3. The number of hydrogen-bond acceptors (Lipinski definition) is 2. The van der Waals surface area contributed by atoms with Gasteiger partial charge in [-0.3, -0.25) is 9.59 Å². The van der Waals surface area contributed by atoms with Crippen molar-refractivity contribution < 1.29 is 4.79 Å². The fraction of sp³-hybridized carbons (Fsp3) is 0.538. The molecule has 4 heteroatoms. The van der Waals surface area contributed by atoms with Gasteiger partial charge >= 0.3 is 0 Å². The van der Waals surface area contributed by atoms with E-state index in [2.05, 4.69) is 0 Å². The Kier molecular flexibility index (Phi) is 2.60. The molecule has 1 aliphatic heterocycles. The van der Waals surface area contributed by atoms with Gasteiger partial charge in [0.2, 0.25) is 0 Å². The average Bonchev–Trinajstić information content (AvgIpc) is 2.19. The molecule has 0 unspecified atom stereocenters. The summed E-state index contributed by atoms with van der Waals surface area (Å²) in [5.41, 5.74) is 0.913. The summed E-state index contributed by atoms with van der Waals surface area (Å²) in [7, 11) is 0. The standard InChI is InChI=1S/C13H18N2O2/c1-9-8-14-5-6-15(13(2,3)4)12(17)10(14)7-11(9)16/h7-8H,5-6H2,1-4H3. The van der Waals surface area contributed by atoms with E-state index < -0.39 is 0 Å². The zero-order chi connectivity index (χ0) is 12.8. The lowest BCUT2D eigenvalue weighted by molar-refractivity contribution is 0.0512. The molecule has 0 radical (unpaired) electrons. The Morgan fingerprint density at radius 1 is 1.18 bits per heavy atom. The van der Waals surface area contributed by atoms with E-state index in [9.17, 15) is 9.59 Å². The molecule has 4 nitrogen and oxygen atoms in total. The first-order valence-electron chi connectivity index (χ1n) is 5.84. The summed E-state index contributed by atoms with van der Waals surface area (Å²) in [6.45, 7) is 9.24. The van der Waals surface area contributed by atoms with E-state index in [1.54, 1.807) is 13.1 Å². The van der Waals surface area contributed by atoms with Gasteiger partial charge in [-0.15, -0.1) is 0 Å². The maximum absolute atomic E-state index is 12.3. The van der Waals surface area contributed by atoms with Gasteiger partial charge in [0.1, 0.15) is 5.69 Å². The number of amides is 1. The highest BCUT2D eigenvalue weighted by Crippen LogP contribution is 2.20. The molecule has 17 heavy (non-hydrogen) atoms. The lowest BCUT2D eigenvalue weighted by atomic mass is 10.0. The molecule has 1 aromatic heterocycles. The summed E-state index contributed by atoms with van der Waals surface area (Å²) < 4.78 is 1.88. The second-order valence-electron chi connectivity index (χ2n) is 5.53. The molecule has 92 valence electrons. The minimum atomic E-state index is -0.205. The first kappa shape index (κ1) is 11.9. The molecule has 1 amide bonds. The number of carbonyl (C=O) groups is 1. The van der Waals surface area contributed by atoms with E-state index >= 15 is 0 Å². The predicted octanol–water partition coefficient (Wildman–Crippen LogP) is 1.41. The smallest absolute Gasteiger partial charge is 0.271 e. The molecule has 2 heterocycles. The molecule has 1 aromatic rings. The summed E-state index contributed by atoms with van der Waals surface area (Å²) in [6, 6.07) is 1.45. The largest absolute Gasteiger partial charge is 0.341 e. The van der Waals surface area contributed by atoms with Crippen molar-refractivity contribution in [2.75, 3.05) is 6.54 Å². The van der Waals surface area contributed by atoms with Crippen LogP contribution < -0.4 is 5.43 Å². The van der Waals surface area contributed by atoms with Crippen molar-refractivity contribution in [3.8, 4) is 0 Å². The molecule has 2 rings (SSSR count). The molecule has 0 N–H and O–H groups in total. The number of aromatic nitrogens is 1. The van der Waals surface area contributed by atoms with Crippen molar-refractivity contribution in [2.45, 2.75) is 39.8 Å². The zero-order valence-corrected chi connectivity index (χ0v) is 10.8. The van der Waals surface area contributed by atoms with Crippen LogP contribution in [-0.2, 0) is 6.54 Å². The highest BCUT2D eigenvalue weighted by molar-refractivity contribution is 5.93. The van der Waals surface area contributed by atoms with Crippen LogP contribution in [0.2, 0.25) is 0 Å². The third-order valence-electron chi connectivity index (χ3n) is 3.15. The monoisotopic (exact) mass is 234 g/mol. The number of nitrogens with zero attached hydrogens (tertiary/aromatic N) is 2. The summed E-state index contributed by atoms with van der Waals surface area (Å²) in [5, 5.41) is 0. The minimum Gasteiger partial charge on any atom is -0.341 e. The minimum absolute atomic E-state index is 0.0548. The quantitative estimate of drug-likeness (QED) is 0.681. The van der Waals surface area contributed by atoms with Crippen LogP contribution in [0.15, 0.2) is 17.1 Å². The van der Waals surface area contributed by atoms with Gasteiger partial charge in [0.15, 0.2) is 5.43 Å². The van der Waals surface area contributed by atoms with Crippen molar-refractivity contribution in [1.82, 2.24) is 9.47 Å². The first-order valence-corrected chi connectivity index (χ1v) is 5.84. The van der Waals surface area contributed by atoms with Crippen LogP contribution in [0.1, 0.15) is 36.8 Å². The molecule has 0 spiro atoms. The van der Waals surface area contributed by atoms with Gasteiger partial charge in [0.05, 0.1) is 0 Å². The van der Waals surface area contributed by atoms with E-state index in [1.165, 1.54) is 6.07 Å². The molecule has 0 aliphatic carbocycles. The molecule has 1 aliphatic rings. The van der Waals surface area contributed by atoms with E-state index in [4.69, 9.17) is 0 Å². The fourth-order valence-electron chi connectivity index (χ4n) is 2.15. The van der Waals surface area contributed by atoms with Crippen molar-refractivity contribution >= 4 is 5.91 Å². The van der Waals surface area contributed by atoms with Crippen LogP contribution in [0.3, 0.4) is 0 Å². The van der Waals surface area contributed by atoms with Gasteiger partial charge in [-0.1, -0.05) is 0 Å². The Morgan fingerprint density at radius 2 is 1.82 bits per heavy atom. The molecule has 0 fully saturated rings. The van der Waals surface area contributed by atoms with Gasteiger partial charge in [0.25, 0.3) is 5.91 Å². The normalized spacial score (nSPS) is 16.0. The van der Waals surface area contributed by atoms with E-state index in [0.717, 1.165) is 6.54 Å². The molecule has 0 atom stereocenters. The van der Waals surface area contributed by atoms with Crippen molar-refractivity contribution in [1.29, 1.82) is 0 Å². The van der Waals surface area contributed by atoms with Crippen LogP contribution >= 0.6 is 0 Å². The Labute approximate surface area is 101 Å². The number of hydrogen-bond donors (Lipinski definition) is 0. The Bertz CT molecular complexity index is 523. The van der Waals surface area contributed by atoms with Crippen molar-refractivity contribution in [3.05, 3.63) is 33.7 Å². The molecule has 0 saturated heterocycles. The number of aryl methyl sites for hydroxylation is 1. The van der Waals surface area contributed by atoms with Crippen LogP contribution in [0.4, 0.5) is 0 Å². The second-order valence-corrected chi connectivity index (χ2v) is 5.53. The number of pyridine rings is 1. The lowest BCUT2D eigenvalue weighted by Gasteiger charge is -2.39. The number of rotatable bonds is 0. The summed E-state index contributed by atoms with van der Waals surface area (Å²) >= 11 is 0. The highest BCUT2D eigenvalue weighted by Gasteiger charge is 2.31. The molecular weight excluding hydrogens is 216 g/mol. The Hall–Kier alpha value is -1.58. The third kappa shape index (κ3) is 1.99. The molecule has 0 saturated carbocycles. The Balaban J connectivity index is 2.50. The van der Waals surface area contributed by atoms with Crippen LogP contribution in [0.5, 0.6) is 0 Å². The fourth-order valence-corrected chi connectivity index (χ4v) is 2.15. The molecule has 0 bridgehead atoms. The van der Waals surface area contributed by atoms with Crippen LogP contribution in [-0.4, -0.2) is 27.5 Å². The van der Waals surface area contributed by atoms with E-state index in [1.807, 2.05) is 30.2 Å². The second kappa shape index (κ2) is 3.72. The van der Waals surface area contributed by atoms with Gasteiger partial charge < -0.3 is 9.47 Å². The first-order chi connectivity index (χ1) is 7.80. The van der Waals surface area contributed by atoms with Gasteiger partial charge in [-0.2, -0.15) is 0 Å². The summed E-state index contributed by atoms with van der Waals surface area (Å²) in [4.78, 5) is 25.7. The summed E-state index contributed by atoms with van der Waals surface area (Å²) in [6.07, 6.45) is 1.77. The topological polar surface area (TPSA) is 42.3 Å². The third-order valence-corrected chi connectivity index (χ3v) is 3.15. The van der Waals surface area contributed by atoms with Gasteiger partial charge in [-0.05, 0) is 27.7 Å². The zero-order valence-electron chi connectivity index (χ0n) is 10.8. The lowest BCUT2D eigenvalue weighted by Crippen LogP contribution is -2.51. The van der Waals surface area contributed by atoms with Crippen molar-refractivity contribution in [2.24, 2.45) is 0 Å². The predicted molar refractivity (Wildman–Crippen MR) is 66.2 cm³/mol. The van der Waals surface area contributed by atoms with Crippen molar-refractivity contribution in [3.63, 3.8) is 0 Å². The SMILES string of the molecule is Cc1cn2c(cc1=O)C(=O)N(C(C)(C)C)CC2. The Morgan fingerprint density at radius 3 is 2.41 bits per heavy atom. The maximum Gasteiger partial charge on any atom is 0.271 e. The number of carbonyl (C=O) groups excluding carboxylic acids is 1. The van der Waals surface area contributed by atoms with E-state index in [-0.39, 0.29) is 16.9 Å². The van der Waals surface area contributed by atoms with E-state index in [0.29, 0.717) is 17.8 Å². The number of fused-ring (bicyclic) bond motifs is 1. The molecule has 0 aromatic carbocycles. The van der Waals surface area contributed by atoms with Crippen LogP contribution in [0, 0.1) is 6.92 Å². The highest BCUT2D eigenvalue weighted by atomic mass is 16.2. The molecular formula is C13H18N2O2. The van der Waals surface area contributed by atoms with Crippen LogP contribution in [0.25, 0.3) is 0 Å².